The minimum absolute atomic E-state index is 0.0962. The normalized spacial score (nSPS) is 13.2. The van der Waals surface area contributed by atoms with Gasteiger partial charge in [-0.25, -0.2) is 9.78 Å². The lowest BCUT2D eigenvalue weighted by molar-refractivity contribution is -0.149. The fraction of sp³-hybridized carbons (Fsp3) is 0.250. The van der Waals surface area contributed by atoms with E-state index in [1.807, 2.05) is 0 Å². The molecule has 0 spiro atoms. The Morgan fingerprint density at radius 3 is 2.94 bits per heavy atom. The third kappa shape index (κ3) is 3.02. The molecule has 86 valence electrons. The summed E-state index contributed by atoms with van der Waals surface area (Å²) in [6.45, 7) is 1.30. The first-order chi connectivity index (χ1) is 7.54. The van der Waals surface area contributed by atoms with Gasteiger partial charge in [-0.05, 0) is 6.92 Å². The number of aliphatic carboxylic acids is 1. The van der Waals surface area contributed by atoms with Gasteiger partial charge in [-0.15, -0.1) is 11.3 Å². The molecule has 0 radical (unpaired) electrons. The van der Waals surface area contributed by atoms with Crippen molar-refractivity contribution in [2.75, 3.05) is 5.73 Å². The summed E-state index contributed by atoms with van der Waals surface area (Å²) in [7, 11) is 0. The minimum Gasteiger partial charge on any atom is -0.478 e. The van der Waals surface area contributed by atoms with Crippen LogP contribution in [0.4, 0.5) is 5.13 Å². The van der Waals surface area contributed by atoms with Crippen LogP contribution < -0.4 is 5.73 Å². The molecule has 0 aliphatic carbocycles. The number of hydrogen-bond donors (Lipinski definition) is 2. The first kappa shape index (κ1) is 12.1. The van der Waals surface area contributed by atoms with E-state index in [-0.39, 0.29) is 16.5 Å². The smallest absolute Gasteiger partial charge is 0.347 e. The van der Waals surface area contributed by atoms with Crippen LogP contribution in [0.25, 0.3) is 0 Å². The number of carboxylic acids is 1. The average molecular weight is 243 g/mol. The molecule has 0 saturated carbocycles. The molecule has 1 aromatic rings. The van der Waals surface area contributed by atoms with Gasteiger partial charge in [0.05, 0.1) is 0 Å². The van der Waals surface area contributed by atoms with Crippen LogP contribution in [0.3, 0.4) is 0 Å². The standard InChI is InChI=1S/C8H9N3O4S/c1-4(7(13)14)15-11-5(2-12)6-3-16-8(9)10-6/h2-4H,1H3,(H2,9,10)(H,13,14)/t4-/m0/s1. The highest BCUT2D eigenvalue weighted by Gasteiger charge is 2.13. The molecule has 0 unspecified atom stereocenters. The minimum atomic E-state index is -1.17. The highest BCUT2D eigenvalue weighted by atomic mass is 32.1. The Bertz CT molecular complexity index is 429. The van der Waals surface area contributed by atoms with Gasteiger partial charge in [0.15, 0.2) is 17.1 Å². The number of carboxylic acid groups (broad SMARTS) is 1. The van der Waals surface area contributed by atoms with Crippen LogP contribution in [-0.2, 0) is 14.4 Å². The number of aromatic nitrogens is 1. The monoisotopic (exact) mass is 243 g/mol. The van der Waals surface area contributed by atoms with E-state index in [4.69, 9.17) is 10.8 Å². The van der Waals surface area contributed by atoms with Gasteiger partial charge >= 0.3 is 5.97 Å². The van der Waals surface area contributed by atoms with Gasteiger partial charge in [-0.2, -0.15) is 0 Å². The molecule has 1 atom stereocenters. The van der Waals surface area contributed by atoms with Gasteiger partial charge in [0.2, 0.25) is 6.10 Å². The maximum absolute atomic E-state index is 10.7. The molecular weight excluding hydrogens is 234 g/mol. The van der Waals surface area contributed by atoms with E-state index in [2.05, 4.69) is 15.0 Å². The average Bonchev–Trinajstić information content (AvgIpc) is 2.65. The number of thiazole rings is 1. The van der Waals surface area contributed by atoms with E-state index in [0.717, 1.165) is 11.3 Å². The fourth-order valence-electron chi connectivity index (χ4n) is 0.715. The number of aldehydes is 1. The molecule has 16 heavy (non-hydrogen) atoms. The van der Waals surface area contributed by atoms with Crippen LogP contribution in [0.2, 0.25) is 0 Å². The highest BCUT2D eigenvalue weighted by molar-refractivity contribution is 7.13. The summed E-state index contributed by atoms with van der Waals surface area (Å²) in [5.41, 5.74) is 5.54. The molecule has 1 rings (SSSR count). The Balaban J connectivity index is 2.79. The summed E-state index contributed by atoms with van der Waals surface area (Å²) in [5, 5.41) is 13.7. The van der Waals surface area contributed by atoms with Gasteiger partial charge in [-0.3, -0.25) is 4.79 Å². The number of anilines is 1. The number of nitrogens with zero attached hydrogens (tertiary/aromatic N) is 2. The molecule has 0 aliphatic heterocycles. The number of nitrogen functional groups attached to an aromatic ring is 1. The van der Waals surface area contributed by atoms with Gasteiger partial charge in [0, 0.05) is 5.38 Å². The lowest BCUT2D eigenvalue weighted by Crippen LogP contribution is -2.18. The van der Waals surface area contributed by atoms with E-state index < -0.39 is 12.1 Å². The number of carbonyl (C=O) groups excluding carboxylic acids is 1. The van der Waals surface area contributed by atoms with E-state index >= 15 is 0 Å². The lowest BCUT2D eigenvalue weighted by Gasteiger charge is -2.03. The molecule has 0 aromatic carbocycles. The van der Waals surface area contributed by atoms with Crippen LogP contribution in [-0.4, -0.2) is 34.2 Å². The maximum atomic E-state index is 10.7. The first-order valence-electron chi connectivity index (χ1n) is 4.17. The Kier molecular flexibility index (Phi) is 3.95. The van der Waals surface area contributed by atoms with Crippen molar-refractivity contribution in [1.29, 1.82) is 0 Å². The SMILES string of the molecule is C[C@H](ON=C(C=O)c1csc(N)n1)C(=O)O. The summed E-state index contributed by atoms with van der Waals surface area (Å²) in [5.74, 6) is -1.17. The van der Waals surface area contributed by atoms with Crippen molar-refractivity contribution in [2.24, 2.45) is 5.16 Å². The lowest BCUT2D eigenvalue weighted by atomic mass is 10.3. The number of hydrogen-bond acceptors (Lipinski definition) is 7. The predicted molar refractivity (Wildman–Crippen MR) is 57.3 cm³/mol. The maximum Gasteiger partial charge on any atom is 0.347 e. The zero-order valence-corrected chi connectivity index (χ0v) is 9.10. The van der Waals surface area contributed by atoms with Crippen molar-refractivity contribution < 1.29 is 19.5 Å². The molecule has 3 N–H and O–H groups in total. The number of oxime groups is 1. The van der Waals surface area contributed by atoms with Gasteiger partial charge in [0.25, 0.3) is 0 Å². The summed E-state index contributed by atoms with van der Waals surface area (Å²) < 4.78 is 0. The Hall–Kier alpha value is -1.96. The molecule has 1 aromatic heterocycles. The number of rotatable bonds is 5. The van der Waals surface area contributed by atoms with Crippen LogP contribution >= 0.6 is 11.3 Å². The summed E-state index contributed by atoms with van der Waals surface area (Å²) >= 11 is 1.14. The van der Waals surface area contributed by atoms with E-state index in [9.17, 15) is 9.59 Å². The van der Waals surface area contributed by atoms with Crippen LogP contribution in [0, 0.1) is 0 Å². The third-order valence-electron chi connectivity index (χ3n) is 1.55. The van der Waals surface area contributed by atoms with E-state index in [0.29, 0.717) is 6.29 Å². The first-order valence-corrected chi connectivity index (χ1v) is 5.05. The molecular formula is C8H9N3O4S. The molecule has 0 fully saturated rings. The molecule has 1 heterocycles. The van der Waals surface area contributed by atoms with Crippen LogP contribution in [0.15, 0.2) is 10.5 Å². The van der Waals surface area contributed by atoms with Crippen molar-refractivity contribution in [1.82, 2.24) is 4.98 Å². The summed E-state index contributed by atoms with van der Waals surface area (Å²) in [4.78, 5) is 29.5. The van der Waals surface area contributed by atoms with Crippen LogP contribution in [0.1, 0.15) is 12.6 Å². The molecule has 0 saturated heterocycles. The molecule has 0 amide bonds. The second-order valence-electron chi connectivity index (χ2n) is 2.75. The highest BCUT2D eigenvalue weighted by Crippen LogP contribution is 2.11. The zero-order valence-electron chi connectivity index (χ0n) is 8.28. The van der Waals surface area contributed by atoms with Gasteiger partial charge < -0.3 is 15.7 Å². The van der Waals surface area contributed by atoms with E-state index in [1.54, 1.807) is 0 Å². The Labute approximate surface area is 94.5 Å². The van der Waals surface area contributed by atoms with Crippen molar-refractivity contribution >= 4 is 34.4 Å². The van der Waals surface area contributed by atoms with Gasteiger partial charge in [0.1, 0.15) is 5.69 Å². The van der Waals surface area contributed by atoms with E-state index in [1.165, 1.54) is 12.3 Å². The molecule has 0 aliphatic rings. The Morgan fingerprint density at radius 1 is 1.81 bits per heavy atom. The third-order valence-corrected chi connectivity index (χ3v) is 2.23. The summed E-state index contributed by atoms with van der Waals surface area (Å²) in [6, 6.07) is 0. The predicted octanol–water partition coefficient (Wildman–Crippen LogP) is 0.118. The fourth-order valence-corrected chi connectivity index (χ4v) is 1.27. The zero-order chi connectivity index (χ0) is 12.1. The second-order valence-corrected chi connectivity index (χ2v) is 3.64. The van der Waals surface area contributed by atoms with Crippen molar-refractivity contribution in [3.8, 4) is 0 Å². The van der Waals surface area contributed by atoms with Gasteiger partial charge in [-0.1, -0.05) is 5.16 Å². The topological polar surface area (TPSA) is 115 Å². The number of nitrogens with two attached hydrogens (primary N) is 1. The van der Waals surface area contributed by atoms with Crippen LogP contribution in [0.5, 0.6) is 0 Å². The largest absolute Gasteiger partial charge is 0.478 e. The molecule has 7 nitrogen and oxygen atoms in total. The van der Waals surface area contributed by atoms with Crippen molar-refractivity contribution in [3.63, 3.8) is 0 Å². The molecule has 8 heteroatoms. The molecule has 0 bridgehead atoms. The van der Waals surface area contributed by atoms with Crippen molar-refractivity contribution in [3.05, 3.63) is 11.1 Å². The quantitative estimate of drug-likeness (QED) is 0.431. The van der Waals surface area contributed by atoms with Crippen molar-refractivity contribution in [2.45, 2.75) is 13.0 Å². The second kappa shape index (κ2) is 5.21. The number of carbonyl (C=O) groups is 2. The Morgan fingerprint density at radius 2 is 2.50 bits per heavy atom. The summed E-state index contributed by atoms with van der Waals surface area (Å²) in [6.07, 6.45) is -0.714.